The molecule has 0 atom stereocenters. The molecule has 2 aromatic rings. The number of rotatable bonds is 3. The molecule has 0 aliphatic carbocycles. The highest BCUT2D eigenvalue weighted by atomic mass is 31.2. The van der Waals surface area contributed by atoms with Gasteiger partial charge in [-0.25, -0.2) is 4.57 Å². The maximum Gasteiger partial charge on any atom is 0.466 e. The second-order valence-electron chi connectivity index (χ2n) is 3.72. The number of hydrogen-bond acceptors (Lipinski definition) is 4. The summed E-state index contributed by atoms with van der Waals surface area (Å²) < 4.78 is 13.9. The van der Waals surface area contributed by atoms with E-state index in [0.29, 0.717) is 5.75 Å². The zero-order valence-corrected chi connectivity index (χ0v) is 12.4. The molecule has 0 radical (unpaired) electrons. The fraction of sp³-hybridized carbons (Fsp3) is 0. The van der Waals surface area contributed by atoms with Crippen LogP contribution in [0.3, 0.4) is 0 Å². The Morgan fingerprint density at radius 1 is 0.857 bits per heavy atom. The molecule has 0 aliphatic heterocycles. The Hall–Kier alpha value is -1.30. The molecule has 0 saturated heterocycles. The maximum atomic E-state index is 8.88. The Morgan fingerprint density at radius 2 is 1.33 bits per heavy atom. The molecule has 5 N–H and O–H groups in total. The van der Waals surface area contributed by atoms with Crippen LogP contribution in [0.5, 0.6) is 5.75 Å². The van der Waals surface area contributed by atoms with Crippen molar-refractivity contribution in [2.24, 2.45) is 0 Å². The largest absolute Gasteiger partial charge is 0.466 e. The summed E-state index contributed by atoms with van der Waals surface area (Å²) in [5.41, 5.74) is 1.83. The average Bonchev–Trinajstić information content (AvgIpc) is 2.38. The molecule has 0 amide bonds. The Bertz CT molecular complexity index is 589. The van der Waals surface area contributed by atoms with Crippen LogP contribution >= 0.6 is 16.4 Å². The van der Waals surface area contributed by atoms with Crippen LogP contribution in [0.1, 0.15) is 0 Å². The lowest BCUT2D eigenvalue weighted by Crippen LogP contribution is -1.88. The van der Waals surface area contributed by atoms with Crippen LogP contribution in [0.15, 0.2) is 54.6 Å². The topological polar surface area (TPSA) is 127 Å². The van der Waals surface area contributed by atoms with Crippen molar-refractivity contribution in [3.8, 4) is 16.9 Å². The molecule has 0 bridgehead atoms. The summed E-state index contributed by atoms with van der Waals surface area (Å²) in [6, 6.07) is 16.9. The highest BCUT2D eigenvalue weighted by Crippen LogP contribution is 2.36. The maximum absolute atomic E-state index is 8.88. The van der Waals surface area contributed by atoms with E-state index in [1.54, 1.807) is 12.1 Å². The first-order valence-corrected chi connectivity index (χ1v) is 8.29. The van der Waals surface area contributed by atoms with Crippen LogP contribution in [0, 0.1) is 0 Å². The lowest BCUT2D eigenvalue weighted by molar-refractivity contribution is 0.275. The molecule has 0 heterocycles. The molecular formula is C12H14O7P2. The van der Waals surface area contributed by atoms with E-state index in [4.69, 9.17) is 33.6 Å². The molecule has 9 heteroatoms. The molecule has 0 unspecified atom stereocenters. The quantitative estimate of drug-likeness (QED) is 0.544. The van der Waals surface area contributed by atoms with Gasteiger partial charge in [0.15, 0.2) is 0 Å². The zero-order valence-electron chi connectivity index (χ0n) is 10.6. The van der Waals surface area contributed by atoms with Crippen LogP contribution < -0.4 is 4.52 Å². The molecule has 0 aromatic heterocycles. The first-order chi connectivity index (χ1) is 9.77. The Morgan fingerprint density at radius 3 is 1.86 bits per heavy atom. The molecule has 0 fully saturated rings. The molecule has 2 aromatic carbocycles. The van der Waals surface area contributed by atoms with Gasteiger partial charge in [-0.1, -0.05) is 48.5 Å². The van der Waals surface area contributed by atoms with E-state index in [9.17, 15) is 0 Å². The van der Waals surface area contributed by atoms with E-state index >= 15 is 0 Å². The van der Waals surface area contributed by atoms with Crippen LogP contribution in [-0.4, -0.2) is 24.5 Å². The second-order valence-corrected chi connectivity index (χ2v) is 5.43. The molecule has 0 saturated carbocycles. The lowest BCUT2D eigenvalue weighted by Gasteiger charge is -2.10. The Kier molecular flexibility index (Phi) is 6.95. The first-order valence-electron chi connectivity index (χ1n) is 5.56. The summed E-state index contributed by atoms with van der Waals surface area (Å²) in [5, 5.41) is 0. The first kappa shape index (κ1) is 17.8. The molecule has 2 rings (SSSR count). The summed E-state index contributed by atoms with van der Waals surface area (Å²) in [7, 11) is -7.02. The van der Waals surface area contributed by atoms with Gasteiger partial charge in [0, 0.05) is 5.56 Å². The van der Waals surface area contributed by atoms with Gasteiger partial charge in [0.1, 0.15) is 5.75 Å². The van der Waals surface area contributed by atoms with Crippen molar-refractivity contribution in [2.45, 2.75) is 0 Å². The van der Waals surface area contributed by atoms with Crippen LogP contribution in [-0.2, 0) is 4.57 Å². The zero-order chi connectivity index (χ0) is 15.9. The SMILES string of the molecule is O=P(O)(O)O.OP(O)Oc1ccccc1-c1ccccc1. The second kappa shape index (κ2) is 8.22. The minimum Gasteiger partial charge on any atom is -0.426 e. The fourth-order valence-electron chi connectivity index (χ4n) is 1.49. The van der Waals surface area contributed by atoms with Gasteiger partial charge in [-0.2, -0.15) is 0 Å². The summed E-state index contributed by atoms with van der Waals surface area (Å²) in [4.78, 5) is 39.3. The van der Waals surface area contributed by atoms with Crippen molar-refractivity contribution in [1.29, 1.82) is 0 Å². The Balaban J connectivity index is 0.000000383. The van der Waals surface area contributed by atoms with Gasteiger partial charge in [0.25, 0.3) is 0 Å². The lowest BCUT2D eigenvalue weighted by atomic mass is 10.1. The van der Waals surface area contributed by atoms with E-state index in [1.807, 2.05) is 42.5 Å². The van der Waals surface area contributed by atoms with Gasteiger partial charge < -0.3 is 29.0 Å². The third kappa shape index (κ3) is 7.90. The third-order valence-electron chi connectivity index (χ3n) is 2.15. The van der Waals surface area contributed by atoms with E-state index < -0.39 is 16.4 Å². The molecule has 7 nitrogen and oxygen atoms in total. The van der Waals surface area contributed by atoms with E-state index in [-0.39, 0.29) is 0 Å². The number of hydrogen-bond donors (Lipinski definition) is 5. The summed E-state index contributed by atoms with van der Waals surface area (Å²) >= 11 is 0. The number of para-hydroxylation sites is 1. The smallest absolute Gasteiger partial charge is 0.426 e. The standard InChI is InChI=1S/C12H11O3P.H3O4P/c13-16(14)15-12-9-5-4-8-11(12)10-6-2-1-3-7-10;1-5(2,3)4/h1-9,13-14H;(H3,1,2,3,4). The fourth-order valence-corrected chi connectivity index (χ4v) is 1.83. The van der Waals surface area contributed by atoms with Crippen LogP contribution in [0.4, 0.5) is 0 Å². The third-order valence-corrected chi connectivity index (χ3v) is 2.51. The highest BCUT2D eigenvalue weighted by molar-refractivity contribution is 7.45. The minimum atomic E-state index is -4.64. The van der Waals surface area contributed by atoms with E-state index in [1.165, 1.54) is 0 Å². The van der Waals surface area contributed by atoms with Gasteiger partial charge in [0.2, 0.25) is 0 Å². The molecule has 21 heavy (non-hydrogen) atoms. The highest BCUT2D eigenvalue weighted by Gasteiger charge is 2.09. The van der Waals surface area contributed by atoms with Crippen molar-refractivity contribution in [1.82, 2.24) is 0 Å². The van der Waals surface area contributed by atoms with Crippen molar-refractivity contribution < 1.29 is 33.6 Å². The molecule has 0 spiro atoms. The number of phosphoric acid groups is 1. The van der Waals surface area contributed by atoms with Crippen molar-refractivity contribution in [3.05, 3.63) is 54.6 Å². The van der Waals surface area contributed by atoms with Crippen LogP contribution in [0.25, 0.3) is 11.1 Å². The van der Waals surface area contributed by atoms with E-state index in [0.717, 1.165) is 11.1 Å². The molecule has 0 aliphatic rings. The average molecular weight is 332 g/mol. The van der Waals surface area contributed by atoms with E-state index in [2.05, 4.69) is 0 Å². The minimum absolute atomic E-state index is 0.477. The predicted octanol–water partition coefficient (Wildman–Crippen LogP) is 2.02. The number of benzene rings is 2. The van der Waals surface area contributed by atoms with Crippen molar-refractivity contribution >= 4 is 16.4 Å². The van der Waals surface area contributed by atoms with Gasteiger partial charge >= 0.3 is 16.4 Å². The molecular weight excluding hydrogens is 318 g/mol. The van der Waals surface area contributed by atoms with Crippen LogP contribution in [0.2, 0.25) is 0 Å². The summed E-state index contributed by atoms with van der Waals surface area (Å²) in [6.07, 6.45) is 0. The monoisotopic (exact) mass is 332 g/mol. The summed E-state index contributed by atoms with van der Waals surface area (Å²) in [5.74, 6) is 0.477. The van der Waals surface area contributed by atoms with Gasteiger partial charge in [0.05, 0.1) is 0 Å². The van der Waals surface area contributed by atoms with Crippen molar-refractivity contribution in [3.63, 3.8) is 0 Å². The molecule has 114 valence electrons. The van der Waals surface area contributed by atoms with Gasteiger partial charge in [-0.3, -0.25) is 0 Å². The van der Waals surface area contributed by atoms with Gasteiger partial charge in [-0.15, -0.1) is 0 Å². The predicted molar refractivity (Wildman–Crippen MR) is 78.1 cm³/mol. The summed E-state index contributed by atoms with van der Waals surface area (Å²) in [6.45, 7) is 0. The van der Waals surface area contributed by atoms with Gasteiger partial charge in [-0.05, 0) is 11.6 Å². The normalized spacial score (nSPS) is 10.8. The van der Waals surface area contributed by atoms with Crippen molar-refractivity contribution in [2.75, 3.05) is 0 Å². The Labute approximate surface area is 122 Å².